The van der Waals surface area contributed by atoms with Gasteiger partial charge in [-0.25, -0.2) is 15.0 Å². The molecule has 3 heterocycles. The third kappa shape index (κ3) is 3.97. The SMILES string of the molecule is c1ccc(C2(c3ccccc3)c3ccccc3-c3c(-c4nc(-c5ccccn5)nc(-c5ccccn5)n4)cccc32)cc1. The molecule has 0 fully saturated rings. The monoisotopic (exact) mass is 551 g/mol. The average molecular weight is 552 g/mol. The van der Waals surface area contributed by atoms with Crippen LogP contribution in [0.15, 0.2) is 152 Å². The summed E-state index contributed by atoms with van der Waals surface area (Å²) in [5, 5.41) is 0. The lowest BCUT2D eigenvalue weighted by Gasteiger charge is -2.33. The van der Waals surface area contributed by atoms with E-state index in [9.17, 15) is 0 Å². The third-order valence-corrected chi connectivity index (χ3v) is 8.15. The molecule has 7 aromatic rings. The lowest BCUT2D eigenvalue weighted by atomic mass is 9.67. The molecule has 5 nitrogen and oxygen atoms in total. The third-order valence-electron chi connectivity index (χ3n) is 8.15. The van der Waals surface area contributed by atoms with Crippen molar-refractivity contribution in [2.24, 2.45) is 0 Å². The van der Waals surface area contributed by atoms with E-state index in [4.69, 9.17) is 15.0 Å². The molecule has 0 aliphatic heterocycles. The Kier molecular flexibility index (Phi) is 5.93. The zero-order valence-corrected chi connectivity index (χ0v) is 23.2. The molecule has 8 rings (SSSR count). The second kappa shape index (κ2) is 10.2. The Labute approximate surface area is 249 Å². The Morgan fingerprint density at radius 1 is 0.372 bits per heavy atom. The van der Waals surface area contributed by atoms with E-state index in [1.807, 2.05) is 36.4 Å². The van der Waals surface area contributed by atoms with Crippen molar-refractivity contribution in [3.8, 4) is 45.6 Å². The van der Waals surface area contributed by atoms with Crippen molar-refractivity contribution in [1.29, 1.82) is 0 Å². The van der Waals surface area contributed by atoms with Crippen LogP contribution in [-0.2, 0) is 5.41 Å². The number of aromatic nitrogens is 5. The van der Waals surface area contributed by atoms with Crippen LogP contribution in [0.25, 0.3) is 45.6 Å². The molecule has 3 aromatic heterocycles. The molecule has 1 aliphatic carbocycles. The van der Waals surface area contributed by atoms with Gasteiger partial charge in [0.25, 0.3) is 0 Å². The Bertz CT molecular complexity index is 1960. The van der Waals surface area contributed by atoms with E-state index in [1.54, 1.807) is 12.4 Å². The molecule has 0 unspecified atom stereocenters. The number of nitrogens with zero attached hydrogens (tertiary/aromatic N) is 5. The van der Waals surface area contributed by atoms with Crippen LogP contribution < -0.4 is 0 Å². The molecule has 202 valence electrons. The zero-order chi connectivity index (χ0) is 28.6. The summed E-state index contributed by atoms with van der Waals surface area (Å²) in [5.41, 5.74) is 8.93. The van der Waals surface area contributed by atoms with E-state index >= 15 is 0 Å². The maximum atomic E-state index is 5.03. The number of rotatable bonds is 5. The summed E-state index contributed by atoms with van der Waals surface area (Å²) < 4.78 is 0. The second-order valence-electron chi connectivity index (χ2n) is 10.5. The highest BCUT2D eigenvalue weighted by atomic mass is 15.1. The normalized spacial score (nSPS) is 12.8. The Morgan fingerprint density at radius 3 is 1.44 bits per heavy atom. The van der Waals surface area contributed by atoms with Gasteiger partial charge in [0.05, 0.1) is 5.41 Å². The first-order valence-corrected chi connectivity index (χ1v) is 14.3. The summed E-state index contributed by atoms with van der Waals surface area (Å²) >= 11 is 0. The van der Waals surface area contributed by atoms with Gasteiger partial charge in [-0.05, 0) is 57.6 Å². The standard InChI is InChI=1S/C38H25N5/c1-3-14-26(15-4-1)38(27-16-5-2-6-17-27)30-20-8-7-18-28(30)34-29(19-13-21-31(34)38)35-41-36(32-22-9-11-24-39-32)43-37(42-35)33-23-10-12-25-40-33/h1-25H. The van der Waals surface area contributed by atoms with Crippen molar-refractivity contribution in [2.45, 2.75) is 5.41 Å². The Morgan fingerprint density at radius 2 is 0.860 bits per heavy atom. The molecule has 0 saturated heterocycles. The largest absolute Gasteiger partial charge is 0.253 e. The van der Waals surface area contributed by atoms with E-state index in [0.29, 0.717) is 28.9 Å². The van der Waals surface area contributed by atoms with Gasteiger partial charge < -0.3 is 0 Å². The van der Waals surface area contributed by atoms with Crippen molar-refractivity contribution >= 4 is 0 Å². The first-order valence-electron chi connectivity index (χ1n) is 14.3. The minimum atomic E-state index is -0.509. The molecule has 5 heteroatoms. The molecule has 43 heavy (non-hydrogen) atoms. The van der Waals surface area contributed by atoms with Gasteiger partial charge in [0.2, 0.25) is 0 Å². The zero-order valence-electron chi connectivity index (χ0n) is 23.2. The van der Waals surface area contributed by atoms with Gasteiger partial charge in [0.1, 0.15) is 11.4 Å². The molecule has 0 N–H and O–H groups in total. The van der Waals surface area contributed by atoms with Crippen LogP contribution in [0.4, 0.5) is 0 Å². The summed E-state index contributed by atoms with van der Waals surface area (Å²) in [4.78, 5) is 24.0. The van der Waals surface area contributed by atoms with Crippen LogP contribution in [-0.4, -0.2) is 24.9 Å². The second-order valence-corrected chi connectivity index (χ2v) is 10.5. The van der Waals surface area contributed by atoms with Gasteiger partial charge in [-0.3, -0.25) is 9.97 Å². The topological polar surface area (TPSA) is 64.5 Å². The summed E-state index contributed by atoms with van der Waals surface area (Å²) in [5.74, 6) is 1.60. The van der Waals surface area contributed by atoms with Crippen LogP contribution in [0, 0.1) is 0 Å². The predicted octanol–water partition coefficient (Wildman–Crippen LogP) is 8.03. The fourth-order valence-corrected chi connectivity index (χ4v) is 6.40. The lowest BCUT2D eigenvalue weighted by Crippen LogP contribution is -2.28. The van der Waals surface area contributed by atoms with Gasteiger partial charge in [0, 0.05) is 18.0 Å². The summed E-state index contributed by atoms with van der Waals surface area (Å²) in [6.07, 6.45) is 3.51. The summed E-state index contributed by atoms with van der Waals surface area (Å²) in [6, 6.07) is 48.2. The van der Waals surface area contributed by atoms with Gasteiger partial charge in [-0.15, -0.1) is 0 Å². The highest BCUT2D eigenvalue weighted by Crippen LogP contribution is 2.57. The highest BCUT2D eigenvalue weighted by Gasteiger charge is 2.46. The van der Waals surface area contributed by atoms with E-state index in [1.165, 1.54) is 27.8 Å². The Hall–Kier alpha value is -5.81. The van der Waals surface area contributed by atoms with E-state index in [-0.39, 0.29) is 0 Å². The number of benzene rings is 4. The summed E-state index contributed by atoms with van der Waals surface area (Å²) in [7, 11) is 0. The molecule has 0 bridgehead atoms. The molecule has 4 aromatic carbocycles. The van der Waals surface area contributed by atoms with Crippen molar-refractivity contribution in [1.82, 2.24) is 24.9 Å². The fraction of sp³-hybridized carbons (Fsp3) is 0.0263. The molecule has 0 spiro atoms. The molecule has 1 aliphatic rings. The molecular weight excluding hydrogens is 526 g/mol. The van der Waals surface area contributed by atoms with Crippen LogP contribution in [0.5, 0.6) is 0 Å². The van der Waals surface area contributed by atoms with Crippen LogP contribution in [0.3, 0.4) is 0 Å². The van der Waals surface area contributed by atoms with E-state index < -0.39 is 5.41 Å². The first kappa shape index (κ1) is 24.9. The summed E-state index contributed by atoms with van der Waals surface area (Å²) in [6.45, 7) is 0. The van der Waals surface area contributed by atoms with E-state index in [0.717, 1.165) is 11.1 Å². The van der Waals surface area contributed by atoms with Crippen molar-refractivity contribution in [3.63, 3.8) is 0 Å². The molecule has 0 atom stereocenters. The predicted molar refractivity (Wildman–Crippen MR) is 169 cm³/mol. The number of hydrogen-bond acceptors (Lipinski definition) is 5. The van der Waals surface area contributed by atoms with E-state index in [2.05, 4.69) is 113 Å². The molecule has 0 amide bonds. The molecule has 0 radical (unpaired) electrons. The van der Waals surface area contributed by atoms with Crippen molar-refractivity contribution in [2.75, 3.05) is 0 Å². The van der Waals surface area contributed by atoms with Crippen molar-refractivity contribution < 1.29 is 0 Å². The quantitative estimate of drug-likeness (QED) is 0.217. The van der Waals surface area contributed by atoms with Gasteiger partial charge >= 0.3 is 0 Å². The number of hydrogen-bond donors (Lipinski definition) is 0. The van der Waals surface area contributed by atoms with Crippen LogP contribution in [0.2, 0.25) is 0 Å². The smallest absolute Gasteiger partial charge is 0.182 e. The minimum Gasteiger partial charge on any atom is -0.253 e. The maximum absolute atomic E-state index is 5.03. The molecular formula is C38H25N5. The highest BCUT2D eigenvalue weighted by molar-refractivity contribution is 5.94. The lowest BCUT2D eigenvalue weighted by molar-refractivity contribution is 0.768. The molecule has 0 saturated carbocycles. The maximum Gasteiger partial charge on any atom is 0.182 e. The van der Waals surface area contributed by atoms with Gasteiger partial charge in [0.15, 0.2) is 17.5 Å². The van der Waals surface area contributed by atoms with Crippen LogP contribution >= 0.6 is 0 Å². The first-order chi connectivity index (χ1) is 21.3. The van der Waals surface area contributed by atoms with Gasteiger partial charge in [-0.1, -0.05) is 115 Å². The van der Waals surface area contributed by atoms with Gasteiger partial charge in [-0.2, -0.15) is 0 Å². The average Bonchev–Trinajstić information content (AvgIpc) is 3.41. The number of fused-ring (bicyclic) bond motifs is 3. The Balaban J connectivity index is 1.45. The van der Waals surface area contributed by atoms with Crippen LogP contribution in [0.1, 0.15) is 22.3 Å². The minimum absolute atomic E-state index is 0.507. The number of pyridine rings is 2. The van der Waals surface area contributed by atoms with Crippen molar-refractivity contribution in [3.05, 3.63) is 174 Å². The fourth-order valence-electron chi connectivity index (χ4n) is 6.40.